The summed E-state index contributed by atoms with van der Waals surface area (Å²) in [5.41, 5.74) is -0.133. The summed E-state index contributed by atoms with van der Waals surface area (Å²) in [6, 6.07) is 11.6. The van der Waals surface area contributed by atoms with Crippen LogP contribution in [-0.2, 0) is 5.54 Å². The molecule has 1 atom stereocenters. The van der Waals surface area contributed by atoms with Gasteiger partial charge in [-0.15, -0.1) is 0 Å². The maximum atomic E-state index is 13.1. The summed E-state index contributed by atoms with van der Waals surface area (Å²) in [6.07, 6.45) is 0. The van der Waals surface area contributed by atoms with E-state index in [9.17, 15) is 14.0 Å². The number of hydrogen-bond donors (Lipinski definition) is 1. The number of benzene rings is 2. The predicted octanol–water partition coefficient (Wildman–Crippen LogP) is 4.47. The molecule has 1 N–H and O–H groups in total. The Morgan fingerprint density at radius 1 is 1.10 bits per heavy atom. The van der Waals surface area contributed by atoms with E-state index in [1.807, 2.05) is 0 Å². The van der Waals surface area contributed by atoms with Gasteiger partial charge in [0, 0.05) is 11.3 Å². The number of halogens is 3. The van der Waals surface area contributed by atoms with Crippen molar-refractivity contribution in [2.75, 3.05) is 5.32 Å². The Labute approximate surface area is 120 Å². The van der Waals surface area contributed by atoms with Crippen LogP contribution in [0.4, 0.5) is 14.5 Å². The van der Waals surface area contributed by atoms with Gasteiger partial charge in [-0.05, 0) is 43.3 Å². The van der Waals surface area contributed by atoms with Gasteiger partial charge in [0.15, 0.2) is 0 Å². The van der Waals surface area contributed by atoms with Gasteiger partial charge in [-0.25, -0.2) is 8.78 Å². The van der Waals surface area contributed by atoms with Gasteiger partial charge in [0.2, 0.25) is 0 Å². The third-order valence-electron chi connectivity index (χ3n) is 2.93. The van der Waals surface area contributed by atoms with E-state index in [1.165, 1.54) is 36.4 Å². The van der Waals surface area contributed by atoms with Crippen LogP contribution in [0, 0.1) is 23.0 Å². The lowest BCUT2D eigenvalue weighted by molar-refractivity contribution is 0.622. The predicted molar refractivity (Wildman–Crippen MR) is 74.4 cm³/mol. The van der Waals surface area contributed by atoms with Gasteiger partial charge in [0.05, 0.1) is 11.1 Å². The van der Waals surface area contributed by atoms with Crippen LogP contribution >= 0.6 is 11.6 Å². The minimum atomic E-state index is -1.15. The number of nitrogens with zero attached hydrogens (tertiary/aromatic N) is 1. The lowest BCUT2D eigenvalue weighted by Gasteiger charge is -2.26. The lowest BCUT2D eigenvalue weighted by atomic mass is 9.93. The van der Waals surface area contributed by atoms with Crippen LogP contribution in [0.5, 0.6) is 0 Å². The Kier molecular flexibility index (Phi) is 3.91. The van der Waals surface area contributed by atoms with Crippen molar-refractivity contribution in [1.29, 1.82) is 5.26 Å². The molecule has 102 valence electrons. The summed E-state index contributed by atoms with van der Waals surface area (Å²) >= 11 is 5.99. The van der Waals surface area contributed by atoms with Crippen molar-refractivity contribution in [3.63, 3.8) is 0 Å². The van der Waals surface area contributed by atoms with Crippen LogP contribution in [0.1, 0.15) is 12.5 Å². The van der Waals surface area contributed by atoms with Gasteiger partial charge in [-0.3, -0.25) is 0 Å². The second-order valence-corrected chi connectivity index (χ2v) is 4.90. The molecule has 5 heteroatoms. The van der Waals surface area contributed by atoms with Gasteiger partial charge < -0.3 is 5.32 Å². The summed E-state index contributed by atoms with van der Waals surface area (Å²) < 4.78 is 26.0. The molecular formula is C15H11ClF2N2. The van der Waals surface area contributed by atoms with Crippen LogP contribution < -0.4 is 5.32 Å². The second kappa shape index (κ2) is 5.48. The van der Waals surface area contributed by atoms with Crippen molar-refractivity contribution in [2.24, 2.45) is 0 Å². The third-order valence-corrected chi connectivity index (χ3v) is 3.24. The topological polar surface area (TPSA) is 35.8 Å². The van der Waals surface area contributed by atoms with Crippen molar-refractivity contribution in [2.45, 2.75) is 12.5 Å². The van der Waals surface area contributed by atoms with Crippen molar-refractivity contribution in [3.8, 4) is 6.07 Å². The molecule has 0 fully saturated rings. The molecule has 0 amide bonds. The molecule has 2 aromatic rings. The first-order chi connectivity index (χ1) is 9.44. The molecular weight excluding hydrogens is 282 g/mol. The monoisotopic (exact) mass is 292 g/mol. The quantitative estimate of drug-likeness (QED) is 0.906. The fraction of sp³-hybridized carbons (Fsp3) is 0.133. The fourth-order valence-electron chi connectivity index (χ4n) is 1.87. The summed E-state index contributed by atoms with van der Waals surface area (Å²) in [5, 5.41) is 12.5. The molecule has 1 unspecified atom stereocenters. The molecule has 0 saturated carbocycles. The van der Waals surface area contributed by atoms with E-state index >= 15 is 0 Å². The van der Waals surface area contributed by atoms with Gasteiger partial charge >= 0.3 is 0 Å². The SMILES string of the molecule is CC(C#N)(Nc1ccc(F)cc1)c1ccc(F)cc1Cl. The highest BCUT2D eigenvalue weighted by Gasteiger charge is 2.28. The Morgan fingerprint density at radius 3 is 2.25 bits per heavy atom. The average Bonchev–Trinajstić information content (AvgIpc) is 2.41. The Balaban J connectivity index is 2.38. The first-order valence-electron chi connectivity index (χ1n) is 5.85. The van der Waals surface area contributed by atoms with Crippen LogP contribution in [0.3, 0.4) is 0 Å². The van der Waals surface area contributed by atoms with E-state index in [1.54, 1.807) is 6.92 Å². The van der Waals surface area contributed by atoms with Gasteiger partial charge in [-0.1, -0.05) is 17.7 Å². The maximum Gasteiger partial charge on any atom is 0.149 e. The molecule has 2 nitrogen and oxygen atoms in total. The van der Waals surface area contributed by atoms with Gasteiger partial charge in [0.25, 0.3) is 0 Å². The van der Waals surface area contributed by atoms with E-state index in [0.717, 1.165) is 6.07 Å². The molecule has 0 aliphatic heterocycles. The standard InChI is InChI=1S/C15H11ClF2N2/c1-15(9-19,13-7-4-11(18)8-14(13)16)20-12-5-2-10(17)3-6-12/h2-8,20H,1H3. The molecule has 0 heterocycles. The number of rotatable bonds is 3. The molecule has 0 spiro atoms. The van der Waals surface area contributed by atoms with Crippen LogP contribution in [0.2, 0.25) is 5.02 Å². The first-order valence-corrected chi connectivity index (χ1v) is 6.23. The van der Waals surface area contributed by atoms with Crippen molar-refractivity contribution < 1.29 is 8.78 Å². The molecule has 0 saturated heterocycles. The lowest BCUT2D eigenvalue weighted by Crippen LogP contribution is -2.30. The Hall–Kier alpha value is -2.12. The second-order valence-electron chi connectivity index (χ2n) is 4.49. The summed E-state index contributed by atoms with van der Waals surface area (Å²) in [4.78, 5) is 0. The van der Waals surface area contributed by atoms with Crippen molar-refractivity contribution in [3.05, 3.63) is 64.7 Å². The van der Waals surface area contributed by atoms with Crippen LogP contribution in [0.15, 0.2) is 42.5 Å². The van der Waals surface area contributed by atoms with Crippen molar-refractivity contribution in [1.82, 2.24) is 0 Å². The van der Waals surface area contributed by atoms with Crippen LogP contribution in [-0.4, -0.2) is 0 Å². The number of hydrogen-bond acceptors (Lipinski definition) is 2. The first kappa shape index (κ1) is 14.3. The number of nitrogens with one attached hydrogen (secondary N) is 1. The van der Waals surface area contributed by atoms with Crippen molar-refractivity contribution >= 4 is 17.3 Å². The van der Waals surface area contributed by atoms with E-state index in [4.69, 9.17) is 11.6 Å². The molecule has 0 bridgehead atoms. The van der Waals surface area contributed by atoms with Crippen LogP contribution in [0.25, 0.3) is 0 Å². The minimum Gasteiger partial charge on any atom is -0.364 e. The maximum absolute atomic E-state index is 13.1. The Morgan fingerprint density at radius 2 is 1.70 bits per heavy atom. The zero-order chi connectivity index (χ0) is 14.8. The van der Waals surface area contributed by atoms with E-state index in [2.05, 4.69) is 11.4 Å². The molecule has 0 aliphatic carbocycles. The number of nitriles is 1. The van der Waals surface area contributed by atoms with Gasteiger partial charge in [-0.2, -0.15) is 5.26 Å². The van der Waals surface area contributed by atoms with Gasteiger partial charge in [0.1, 0.15) is 17.2 Å². The summed E-state index contributed by atoms with van der Waals surface area (Å²) in [6.45, 7) is 1.62. The normalized spacial score (nSPS) is 13.3. The smallest absolute Gasteiger partial charge is 0.149 e. The highest BCUT2D eigenvalue weighted by Crippen LogP contribution is 2.31. The molecule has 0 aliphatic rings. The third kappa shape index (κ3) is 2.89. The number of anilines is 1. The van der Waals surface area contributed by atoms with E-state index in [0.29, 0.717) is 11.3 Å². The fourth-order valence-corrected chi connectivity index (χ4v) is 2.23. The molecule has 2 aromatic carbocycles. The average molecular weight is 293 g/mol. The highest BCUT2D eigenvalue weighted by molar-refractivity contribution is 6.31. The highest BCUT2D eigenvalue weighted by atomic mass is 35.5. The Bertz CT molecular complexity index is 665. The summed E-state index contributed by atoms with van der Waals surface area (Å²) in [5.74, 6) is -0.838. The van der Waals surface area contributed by atoms with E-state index in [-0.39, 0.29) is 10.8 Å². The van der Waals surface area contributed by atoms with E-state index < -0.39 is 11.4 Å². The molecule has 20 heavy (non-hydrogen) atoms. The zero-order valence-corrected chi connectivity index (χ0v) is 11.4. The molecule has 2 rings (SSSR count). The zero-order valence-electron chi connectivity index (χ0n) is 10.6. The largest absolute Gasteiger partial charge is 0.364 e. The minimum absolute atomic E-state index is 0.156. The molecule has 0 aromatic heterocycles. The summed E-state index contributed by atoms with van der Waals surface area (Å²) in [7, 11) is 0. The molecule has 0 radical (unpaired) electrons.